The number of benzene rings is 1. The summed E-state index contributed by atoms with van der Waals surface area (Å²) in [5.41, 5.74) is 2.74. The summed E-state index contributed by atoms with van der Waals surface area (Å²) in [5, 5.41) is 2.99. The zero-order chi connectivity index (χ0) is 20.9. The fourth-order valence-corrected chi connectivity index (χ4v) is 4.51. The number of nitrogens with one attached hydrogen (secondary N) is 1. The number of carbonyl (C=O) groups is 2. The molecular weight excluding hydrogens is 376 g/mol. The summed E-state index contributed by atoms with van der Waals surface area (Å²) in [6.45, 7) is 4.76. The van der Waals surface area contributed by atoms with E-state index in [9.17, 15) is 9.59 Å². The van der Waals surface area contributed by atoms with Crippen LogP contribution in [0.3, 0.4) is 0 Å². The molecule has 1 N–H and O–H groups in total. The Bertz CT molecular complexity index is 893. The van der Waals surface area contributed by atoms with Gasteiger partial charge in [-0.15, -0.1) is 0 Å². The molecule has 158 valence electrons. The number of hydrogen-bond acceptors (Lipinski definition) is 4. The molecule has 1 aromatic carbocycles. The van der Waals surface area contributed by atoms with Crippen LogP contribution in [0.1, 0.15) is 43.2 Å². The van der Waals surface area contributed by atoms with Crippen LogP contribution in [0.25, 0.3) is 0 Å². The Kier molecular flexibility index (Phi) is 6.31. The van der Waals surface area contributed by atoms with Gasteiger partial charge in [0.05, 0.1) is 18.3 Å². The second-order valence-corrected chi connectivity index (χ2v) is 8.31. The van der Waals surface area contributed by atoms with Crippen LogP contribution >= 0.6 is 0 Å². The molecule has 0 radical (unpaired) electrons. The fourth-order valence-electron chi connectivity index (χ4n) is 4.51. The molecule has 2 aromatic rings. The third kappa shape index (κ3) is 4.64. The molecule has 2 fully saturated rings. The second-order valence-electron chi connectivity index (χ2n) is 8.31. The Labute approximate surface area is 178 Å². The Morgan fingerprint density at radius 3 is 2.57 bits per heavy atom. The van der Waals surface area contributed by atoms with Crippen molar-refractivity contribution in [3.63, 3.8) is 0 Å². The van der Waals surface area contributed by atoms with Crippen LogP contribution in [-0.2, 0) is 16.0 Å². The molecule has 0 saturated carbocycles. The van der Waals surface area contributed by atoms with Crippen LogP contribution in [0.4, 0.5) is 11.5 Å². The quantitative estimate of drug-likeness (QED) is 0.825. The third-order valence-electron chi connectivity index (χ3n) is 6.05. The number of hydrogen-bond donors (Lipinski definition) is 1. The number of amides is 2. The summed E-state index contributed by atoms with van der Waals surface area (Å²) in [4.78, 5) is 34.4. The molecule has 2 saturated heterocycles. The highest BCUT2D eigenvalue weighted by Gasteiger charge is 2.34. The van der Waals surface area contributed by atoms with E-state index in [0.717, 1.165) is 36.5 Å². The van der Waals surface area contributed by atoms with Gasteiger partial charge in [0.15, 0.2) is 0 Å². The van der Waals surface area contributed by atoms with E-state index in [2.05, 4.69) is 15.2 Å². The Hall–Kier alpha value is -2.89. The molecular formula is C24H30N4O2. The first-order chi connectivity index (χ1) is 14.6. The molecule has 1 atom stereocenters. The number of piperidine rings is 1. The summed E-state index contributed by atoms with van der Waals surface area (Å²) in [5.74, 6) is 0.891. The summed E-state index contributed by atoms with van der Waals surface area (Å²) >= 11 is 0. The minimum atomic E-state index is -0.414. The standard InChI is InChI=1S/C24H30N4O2/c1-18-15-20(17-25-23(18)27-12-6-3-7-13-27)26-24(30)21-11-8-14-28(21)22(29)16-19-9-4-2-5-10-19/h2,4-5,9-10,15,17,21H,3,6-8,11-14,16H2,1H3,(H,26,30)/t21-/m0/s1. The van der Waals surface area contributed by atoms with Gasteiger partial charge in [-0.2, -0.15) is 0 Å². The number of pyridine rings is 1. The Morgan fingerprint density at radius 2 is 1.83 bits per heavy atom. The smallest absolute Gasteiger partial charge is 0.247 e. The normalized spacial score (nSPS) is 19.0. The molecule has 30 heavy (non-hydrogen) atoms. The van der Waals surface area contributed by atoms with Crippen molar-refractivity contribution in [2.24, 2.45) is 0 Å². The van der Waals surface area contributed by atoms with Crippen LogP contribution in [0.5, 0.6) is 0 Å². The molecule has 1 aromatic heterocycles. The lowest BCUT2D eigenvalue weighted by molar-refractivity contribution is -0.136. The van der Waals surface area contributed by atoms with Gasteiger partial charge in [0.1, 0.15) is 11.9 Å². The van der Waals surface area contributed by atoms with Gasteiger partial charge in [-0.3, -0.25) is 9.59 Å². The van der Waals surface area contributed by atoms with Crippen molar-refractivity contribution in [2.45, 2.75) is 51.5 Å². The number of aryl methyl sites for hydroxylation is 1. The van der Waals surface area contributed by atoms with E-state index in [1.165, 1.54) is 19.3 Å². The minimum Gasteiger partial charge on any atom is -0.356 e. The highest BCUT2D eigenvalue weighted by molar-refractivity contribution is 5.97. The van der Waals surface area contributed by atoms with E-state index in [0.29, 0.717) is 25.1 Å². The van der Waals surface area contributed by atoms with Crippen LogP contribution in [-0.4, -0.2) is 47.4 Å². The van der Waals surface area contributed by atoms with E-state index < -0.39 is 6.04 Å². The predicted molar refractivity (Wildman–Crippen MR) is 119 cm³/mol. The Balaban J connectivity index is 1.40. The fraction of sp³-hybridized carbons (Fsp3) is 0.458. The van der Waals surface area contributed by atoms with Gasteiger partial charge in [-0.1, -0.05) is 30.3 Å². The van der Waals surface area contributed by atoms with Crippen molar-refractivity contribution in [1.29, 1.82) is 0 Å². The summed E-state index contributed by atoms with van der Waals surface area (Å²) < 4.78 is 0. The molecule has 0 aliphatic carbocycles. The zero-order valence-electron chi connectivity index (χ0n) is 17.6. The highest BCUT2D eigenvalue weighted by Crippen LogP contribution is 2.25. The van der Waals surface area contributed by atoms with Gasteiger partial charge in [-0.25, -0.2) is 4.98 Å². The minimum absolute atomic E-state index is 0.00796. The van der Waals surface area contributed by atoms with E-state index in [1.54, 1.807) is 11.1 Å². The maximum Gasteiger partial charge on any atom is 0.247 e. The second kappa shape index (κ2) is 9.28. The van der Waals surface area contributed by atoms with Crippen LogP contribution in [0.2, 0.25) is 0 Å². The molecule has 0 spiro atoms. The first-order valence-corrected chi connectivity index (χ1v) is 11.0. The van der Waals surface area contributed by atoms with Crippen LogP contribution < -0.4 is 10.2 Å². The highest BCUT2D eigenvalue weighted by atomic mass is 16.2. The molecule has 0 unspecified atom stereocenters. The topological polar surface area (TPSA) is 65.5 Å². The van der Waals surface area contributed by atoms with Crippen molar-refractivity contribution in [3.05, 3.63) is 53.7 Å². The number of anilines is 2. The van der Waals surface area contributed by atoms with Crippen LogP contribution in [0, 0.1) is 6.92 Å². The SMILES string of the molecule is Cc1cc(NC(=O)[C@@H]2CCCN2C(=O)Cc2ccccc2)cnc1N1CCCCC1. The lowest BCUT2D eigenvalue weighted by Gasteiger charge is -2.29. The number of rotatable bonds is 5. The number of likely N-dealkylation sites (tertiary alicyclic amines) is 1. The summed E-state index contributed by atoms with van der Waals surface area (Å²) in [6, 6.07) is 11.3. The number of nitrogens with zero attached hydrogens (tertiary/aromatic N) is 3. The lowest BCUT2D eigenvalue weighted by atomic mass is 10.1. The van der Waals surface area contributed by atoms with E-state index >= 15 is 0 Å². The molecule has 0 bridgehead atoms. The summed E-state index contributed by atoms with van der Waals surface area (Å²) in [7, 11) is 0. The largest absolute Gasteiger partial charge is 0.356 e. The Morgan fingerprint density at radius 1 is 1.07 bits per heavy atom. The maximum absolute atomic E-state index is 12.9. The van der Waals surface area contributed by atoms with Crippen LogP contribution in [0.15, 0.2) is 42.6 Å². The maximum atomic E-state index is 12.9. The van der Waals surface area contributed by atoms with Gasteiger partial charge >= 0.3 is 0 Å². The van der Waals surface area contributed by atoms with E-state index in [-0.39, 0.29) is 11.8 Å². The molecule has 4 rings (SSSR count). The molecule has 6 nitrogen and oxygen atoms in total. The average Bonchev–Trinajstić information content (AvgIpc) is 3.26. The van der Waals surface area contributed by atoms with E-state index in [4.69, 9.17) is 0 Å². The van der Waals surface area contributed by atoms with Gasteiger partial charge in [0.2, 0.25) is 11.8 Å². The van der Waals surface area contributed by atoms with Crippen molar-refractivity contribution >= 4 is 23.3 Å². The van der Waals surface area contributed by atoms with Crippen molar-refractivity contribution in [1.82, 2.24) is 9.88 Å². The van der Waals surface area contributed by atoms with Gasteiger partial charge in [0.25, 0.3) is 0 Å². The average molecular weight is 407 g/mol. The first-order valence-electron chi connectivity index (χ1n) is 11.0. The van der Waals surface area contributed by atoms with Crippen molar-refractivity contribution < 1.29 is 9.59 Å². The zero-order valence-corrected chi connectivity index (χ0v) is 17.6. The first kappa shape index (κ1) is 20.4. The third-order valence-corrected chi connectivity index (χ3v) is 6.05. The van der Waals surface area contributed by atoms with Gasteiger partial charge in [-0.05, 0) is 56.2 Å². The van der Waals surface area contributed by atoms with Gasteiger partial charge in [0, 0.05) is 19.6 Å². The molecule has 2 aliphatic heterocycles. The number of carbonyl (C=O) groups excluding carboxylic acids is 2. The van der Waals surface area contributed by atoms with Crippen molar-refractivity contribution in [3.8, 4) is 0 Å². The molecule has 2 aliphatic rings. The molecule has 3 heterocycles. The molecule has 6 heteroatoms. The van der Waals surface area contributed by atoms with E-state index in [1.807, 2.05) is 43.3 Å². The number of aromatic nitrogens is 1. The van der Waals surface area contributed by atoms with Gasteiger partial charge < -0.3 is 15.1 Å². The molecule has 2 amide bonds. The summed E-state index contributed by atoms with van der Waals surface area (Å²) in [6.07, 6.45) is 7.30. The lowest BCUT2D eigenvalue weighted by Crippen LogP contribution is -2.43. The predicted octanol–water partition coefficient (Wildman–Crippen LogP) is 3.55. The van der Waals surface area contributed by atoms with Crippen molar-refractivity contribution in [2.75, 3.05) is 29.9 Å². The monoisotopic (exact) mass is 406 g/mol.